The molecule has 0 unspecified atom stereocenters. The van der Waals surface area contributed by atoms with Crippen LogP contribution in [0.2, 0.25) is 5.02 Å². The normalized spacial score (nSPS) is 10.4. The first-order valence-electron chi connectivity index (χ1n) is 8.16. The number of ether oxygens (including phenoxy) is 1. The van der Waals surface area contributed by atoms with Crippen LogP contribution in [0.15, 0.2) is 46.9 Å². The van der Waals surface area contributed by atoms with Gasteiger partial charge in [-0.3, -0.25) is 0 Å². The summed E-state index contributed by atoms with van der Waals surface area (Å²) in [5, 5.41) is 13.0. The van der Waals surface area contributed by atoms with Crippen LogP contribution in [0.25, 0.3) is 0 Å². The Balaban J connectivity index is 0.00000312. The number of hydrogen-bond acceptors (Lipinski definition) is 3. The molecule has 0 fully saturated rings. The average molecular weight is 449 g/mol. The first kappa shape index (κ1) is 22.3. The van der Waals surface area contributed by atoms with Crippen molar-refractivity contribution in [1.82, 2.24) is 5.32 Å². The van der Waals surface area contributed by atoms with Gasteiger partial charge >= 0.3 is 0 Å². The van der Waals surface area contributed by atoms with Crippen LogP contribution in [0.5, 0.6) is 5.75 Å². The molecule has 0 aliphatic carbocycles. The Morgan fingerprint density at radius 2 is 1.80 bits per heavy atom. The number of benzene rings is 2. The van der Waals surface area contributed by atoms with Crippen molar-refractivity contribution in [2.75, 3.05) is 13.2 Å². The first-order valence-corrected chi connectivity index (χ1v) is 9.33. The van der Waals surface area contributed by atoms with Gasteiger partial charge in [-0.25, -0.2) is 0 Å². The van der Waals surface area contributed by atoms with Crippen LogP contribution in [0, 0.1) is 0 Å². The van der Waals surface area contributed by atoms with Crippen LogP contribution < -0.4 is 10.1 Å². The van der Waals surface area contributed by atoms with E-state index in [-0.39, 0.29) is 19.0 Å². The van der Waals surface area contributed by atoms with Crippen LogP contribution >= 0.6 is 39.9 Å². The zero-order valence-corrected chi connectivity index (χ0v) is 17.2. The van der Waals surface area contributed by atoms with E-state index in [1.165, 1.54) is 0 Å². The minimum Gasteiger partial charge on any atom is -0.489 e. The molecule has 2 rings (SSSR count). The molecule has 0 aliphatic rings. The molecule has 6 heteroatoms. The zero-order valence-electron chi connectivity index (χ0n) is 14.0. The molecule has 0 saturated carbocycles. The second-order valence-corrected chi connectivity index (χ2v) is 6.98. The topological polar surface area (TPSA) is 41.5 Å². The quantitative estimate of drug-likeness (QED) is 0.481. The van der Waals surface area contributed by atoms with E-state index in [4.69, 9.17) is 21.4 Å². The number of unbranched alkanes of at least 4 members (excludes halogenated alkanes) is 2. The van der Waals surface area contributed by atoms with Gasteiger partial charge in [0.25, 0.3) is 0 Å². The summed E-state index contributed by atoms with van der Waals surface area (Å²) in [5.74, 6) is 0.885. The maximum atomic E-state index is 8.79. The lowest BCUT2D eigenvalue weighted by molar-refractivity contribution is 0.282. The molecule has 3 nitrogen and oxygen atoms in total. The second-order valence-electron chi connectivity index (χ2n) is 5.63. The van der Waals surface area contributed by atoms with Crippen molar-refractivity contribution in [1.29, 1.82) is 0 Å². The number of halogens is 3. The number of hydrogen-bond donors (Lipinski definition) is 2. The van der Waals surface area contributed by atoms with Crippen LogP contribution in [0.3, 0.4) is 0 Å². The van der Waals surface area contributed by atoms with Gasteiger partial charge in [0.15, 0.2) is 0 Å². The Kier molecular flexibility index (Phi) is 11.2. The van der Waals surface area contributed by atoms with Crippen molar-refractivity contribution >= 4 is 39.9 Å². The molecular weight excluding hydrogens is 425 g/mol. The molecule has 0 heterocycles. The highest BCUT2D eigenvalue weighted by atomic mass is 79.9. The Morgan fingerprint density at radius 3 is 2.52 bits per heavy atom. The molecule has 0 bridgehead atoms. The standard InChI is InChI=1S/C19H23BrClNO2.ClH/c20-17-6-9-19(24-14-15-4-7-18(21)8-5-15)16(12-17)13-22-10-2-1-3-11-23;/h4-9,12,22-23H,1-3,10-11,13-14H2;1H. The SMILES string of the molecule is Cl.OCCCCCNCc1cc(Br)ccc1OCc1ccc(Cl)cc1. The predicted octanol–water partition coefficient (Wildman–Crippen LogP) is 5.36. The van der Waals surface area contributed by atoms with Gasteiger partial charge < -0.3 is 15.2 Å². The Bertz CT molecular complexity index is 623. The van der Waals surface area contributed by atoms with Crippen molar-refractivity contribution < 1.29 is 9.84 Å². The maximum absolute atomic E-state index is 8.79. The molecule has 25 heavy (non-hydrogen) atoms. The lowest BCUT2D eigenvalue weighted by Crippen LogP contribution is -2.15. The summed E-state index contributed by atoms with van der Waals surface area (Å²) in [5.41, 5.74) is 2.21. The highest BCUT2D eigenvalue weighted by Crippen LogP contribution is 2.24. The monoisotopic (exact) mass is 447 g/mol. The minimum absolute atomic E-state index is 0. The van der Waals surface area contributed by atoms with Gasteiger partial charge in [0.2, 0.25) is 0 Å². The van der Waals surface area contributed by atoms with Gasteiger partial charge in [-0.05, 0) is 61.7 Å². The van der Waals surface area contributed by atoms with Gasteiger partial charge in [0.1, 0.15) is 12.4 Å². The van der Waals surface area contributed by atoms with Crippen molar-refractivity contribution in [3.8, 4) is 5.75 Å². The molecule has 0 radical (unpaired) electrons. The largest absolute Gasteiger partial charge is 0.489 e. The van der Waals surface area contributed by atoms with Crippen LogP contribution in [-0.4, -0.2) is 18.3 Å². The molecule has 0 amide bonds. The zero-order chi connectivity index (χ0) is 17.2. The van der Waals surface area contributed by atoms with E-state index in [0.717, 1.165) is 58.7 Å². The van der Waals surface area contributed by atoms with Crippen molar-refractivity contribution in [3.63, 3.8) is 0 Å². The van der Waals surface area contributed by atoms with Crippen molar-refractivity contribution in [3.05, 3.63) is 63.1 Å². The fraction of sp³-hybridized carbons (Fsp3) is 0.368. The molecule has 0 atom stereocenters. The first-order chi connectivity index (χ1) is 11.7. The van der Waals surface area contributed by atoms with Gasteiger partial charge in [-0.15, -0.1) is 12.4 Å². The summed E-state index contributed by atoms with van der Waals surface area (Å²) in [7, 11) is 0. The Hall–Kier alpha value is -0.780. The van der Waals surface area contributed by atoms with E-state index >= 15 is 0 Å². The average Bonchev–Trinajstić information content (AvgIpc) is 2.58. The summed E-state index contributed by atoms with van der Waals surface area (Å²) in [6.07, 6.45) is 2.98. The molecule has 138 valence electrons. The number of aliphatic hydroxyl groups excluding tert-OH is 1. The van der Waals surface area contributed by atoms with E-state index < -0.39 is 0 Å². The van der Waals surface area contributed by atoms with Crippen molar-refractivity contribution in [2.45, 2.75) is 32.4 Å². The van der Waals surface area contributed by atoms with Crippen molar-refractivity contribution in [2.24, 2.45) is 0 Å². The van der Waals surface area contributed by atoms with Crippen LogP contribution in [0.4, 0.5) is 0 Å². The summed E-state index contributed by atoms with van der Waals surface area (Å²) < 4.78 is 7.02. The molecular formula is C19H24BrCl2NO2. The molecule has 0 spiro atoms. The summed E-state index contributed by atoms with van der Waals surface area (Å²) in [6.45, 7) is 2.48. The van der Waals surface area contributed by atoms with E-state index in [1.54, 1.807) is 0 Å². The summed E-state index contributed by atoms with van der Waals surface area (Å²) >= 11 is 9.42. The molecule has 0 aliphatic heterocycles. The smallest absolute Gasteiger partial charge is 0.124 e. The maximum Gasteiger partial charge on any atom is 0.124 e. The summed E-state index contributed by atoms with van der Waals surface area (Å²) in [4.78, 5) is 0. The van der Waals surface area contributed by atoms with Crippen LogP contribution in [0.1, 0.15) is 30.4 Å². The lowest BCUT2D eigenvalue weighted by atomic mass is 10.2. The summed E-state index contributed by atoms with van der Waals surface area (Å²) in [6, 6.07) is 13.7. The molecule has 0 saturated heterocycles. The second kappa shape index (κ2) is 12.6. The molecule has 2 N–H and O–H groups in total. The highest BCUT2D eigenvalue weighted by Gasteiger charge is 2.05. The van der Waals surface area contributed by atoms with E-state index in [1.807, 2.05) is 36.4 Å². The fourth-order valence-electron chi connectivity index (χ4n) is 2.33. The Morgan fingerprint density at radius 1 is 1.04 bits per heavy atom. The van der Waals surface area contributed by atoms with E-state index in [2.05, 4.69) is 27.3 Å². The van der Waals surface area contributed by atoms with Gasteiger partial charge in [-0.2, -0.15) is 0 Å². The third-order valence-corrected chi connectivity index (χ3v) is 4.40. The minimum atomic E-state index is 0. The highest BCUT2D eigenvalue weighted by molar-refractivity contribution is 9.10. The fourth-order valence-corrected chi connectivity index (χ4v) is 2.86. The van der Waals surface area contributed by atoms with Crippen LogP contribution in [-0.2, 0) is 13.2 Å². The lowest BCUT2D eigenvalue weighted by Gasteiger charge is -2.13. The van der Waals surface area contributed by atoms with E-state index in [9.17, 15) is 0 Å². The third-order valence-electron chi connectivity index (χ3n) is 3.66. The number of aliphatic hydroxyl groups is 1. The molecule has 0 aromatic heterocycles. The van der Waals surface area contributed by atoms with Gasteiger partial charge in [-0.1, -0.05) is 39.7 Å². The van der Waals surface area contributed by atoms with Gasteiger partial charge in [0.05, 0.1) is 0 Å². The number of rotatable bonds is 10. The molecule has 2 aromatic carbocycles. The molecule has 2 aromatic rings. The predicted molar refractivity (Wildman–Crippen MR) is 110 cm³/mol. The Labute approximate surface area is 169 Å². The van der Waals surface area contributed by atoms with E-state index in [0.29, 0.717) is 6.61 Å². The third kappa shape index (κ3) is 8.43. The van der Waals surface area contributed by atoms with Gasteiger partial charge in [0, 0.05) is 28.2 Å². The number of nitrogens with one attached hydrogen (secondary N) is 1.